The molecule has 0 amide bonds. The SMILES string of the molecule is NCC(N)CCNCO. The first-order valence-electron chi connectivity index (χ1n) is 3.08. The van der Waals surface area contributed by atoms with Crippen molar-refractivity contribution in [2.24, 2.45) is 11.5 Å². The predicted molar refractivity (Wildman–Crippen MR) is 36.7 cm³/mol. The fourth-order valence-electron chi connectivity index (χ4n) is 0.484. The third-order valence-corrected chi connectivity index (χ3v) is 1.11. The Labute approximate surface area is 55.2 Å². The van der Waals surface area contributed by atoms with Crippen LogP contribution in [0.5, 0.6) is 0 Å². The van der Waals surface area contributed by atoms with Crippen LogP contribution in [0.15, 0.2) is 0 Å². The Balaban J connectivity index is 2.88. The van der Waals surface area contributed by atoms with Crippen molar-refractivity contribution in [2.75, 3.05) is 19.8 Å². The van der Waals surface area contributed by atoms with E-state index in [9.17, 15) is 0 Å². The second-order valence-corrected chi connectivity index (χ2v) is 1.94. The van der Waals surface area contributed by atoms with Gasteiger partial charge in [-0.15, -0.1) is 0 Å². The topological polar surface area (TPSA) is 84.3 Å². The number of hydrogen-bond acceptors (Lipinski definition) is 4. The summed E-state index contributed by atoms with van der Waals surface area (Å²) in [5.74, 6) is 0. The minimum atomic E-state index is 0.0112. The lowest BCUT2D eigenvalue weighted by molar-refractivity contribution is 0.259. The molecule has 0 heterocycles. The van der Waals surface area contributed by atoms with E-state index in [0.29, 0.717) is 6.54 Å². The second-order valence-electron chi connectivity index (χ2n) is 1.94. The molecule has 0 aliphatic rings. The largest absolute Gasteiger partial charge is 0.381 e. The van der Waals surface area contributed by atoms with E-state index in [1.54, 1.807) is 0 Å². The lowest BCUT2D eigenvalue weighted by Gasteiger charge is -2.06. The first-order valence-corrected chi connectivity index (χ1v) is 3.08. The Kier molecular flexibility index (Phi) is 5.86. The van der Waals surface area contributed by atoms with Crippen molar-refractivity contribution >= 4 is 0 Å². The van der Waals surface area contributed by atoms with E-state index in [4.69, 9.17) is 16.6 Å². The molecule has 9 heavy (non-hydrogen) atoms. The lowest BCUT2D eigenvalue weighted by atomic mass is 10.2. The molecular weight excluding hydrogens is 118 g/mol. The van der Waals surface area contributed by atoms with Gasteiger partial charge in [0.2, 0.25) is 0 Å². The summed E-state index contributed by atoms with van der Waals surface area (Å²) < 4.78 is 0. The van der Waals surface area contributed by atoms with Crippen LogP contribution in [0.4, 0.5) is 0 Å². The molecule has 4 heteroatoms. The van der Waals surface area contributed by atoms with Crippen LogP contribution in [0.3, 0.4) is 0 Å². The van der Waals surface area contributed by atoms with Crippen LogP contribution in [-0.2, 0) is 0 Å². The standard InChI is InChI=1S/C5H15N3O/c6-3-5(7)1-2-8-4-9/h5,8-9H,1-4,6-7H2. The third-order valence-electron chi connectivity index (χ3n) is 1.11. The zero-order valence-corrected chi connectivity index (χ0v) is 5.51. The molecule has 0 aromatic heterocycles. The van der Waals surface area contributed by atoms with Gasteiger partial charge < -0.3 is 16.6 Å². The first kappa shape index (κ1) is 8.84. The maximum absolute atomic E-state index is 8.27. The summed E-state index contributed by atoms with van der Waals surface area (Å²) in [6.07, 6.45) is 0.817. The number of rotatable bonds is 5. The first-order chi connectivity index (χ1) is 4.31. The summed E-state index contributed by atoms with van der Waals surface area (Å²) in [7, 11) is 0. The van der Waals surface area contributed by atoms with Crippen molar-refractivity contribution in [3.63, 3.8) is 0 Å². The zero-order valence-electron chi connectivity index (χ0n) is 5.51. The van der Waals surface area contributed by atoms with Crippen LogP contribution in [0.2, 0.25) is 0 Å². The molecule has 0 saturated heterocycles. The van der Waals surface area contributed by atoms with Crippen molar-refractivity contribution in [3.05, 3.63) is 0 Å². The molecule has 56 valence electrons. The van der Waals surface area contributed by atoms with Gasteiger partial charge in [-0.25, -0.2) is 0 Å². The summed E-state index contributed by atoms with van der Waals surface area (Å²) >= 11 is 0. The zero-order chi connectivity index (χ0) is 7.11. The molecule has 0 spiro atoms. The van der Waals surface area contributed by atoms with Crippen molar-refractivity contribution in [3.8, 4) is 0 Å². The second kappa shape index (κ2) is 5.97. The molecule has 0 bridgehead atoms. The van der Waals surface area contributed by atoms with Gasteiger partial charge in [0.15, 0.2) is 0 Å². The minimum Gasteiger partial charge on any atom is -0.381 e. The molecule has 0 rings (SSSR count). The molecule has 1 unspecified atom stereocenters. The minimum absolute atomic E-state index is 0.0112. The Morgan fingerprint density at radius 2 is 2.22 bits per heavy atom. The van der Waals surface area contributed by atoms with Crippen LogP contribution < -0.4 is 16.8 Å². The average Bonchev–Trinajstić information content (AvgIpc) is 1.89. The lowest BCUT2D eigenvalue weighted by Crippen LogP contribution is -2.33. The van der Waals surface area contributed by atoms with Crippen LogP contribution >= 0.6 is 0 Å². The fraction of sp³-hybridized carbons (Fsp3) is 1.00. The van der Waals surface area contributed by atoms with Gasteiger partial charge in [0.05, 0.1) is 6.73 Å². The van der Waals surface area contributed by atoms with Crippen LogP contribution in [0.1, 0.15) is 6.42 Å². The van der Waals surface area contributed by atoms with Crippen LogP contribution in [0, 0.1) is 0 Å². The normalized spacial score (nSPS) is 13.7. The molecule has 0 saturated carbocycles. The highest BCUT2D eigenvalue weighted by Crippen LogP contribution is 1.80. The highest BCUT2D eigenvalue weighted by Gasteiger charge is 1.95. The number of aliphatic hydroxyl groups is 1. The van der Waals surface area contributed by atoms with Crippen LogP contribution in [0.25, 0.3) is 0 Å². The highest BCUT2D eigenvalue weighted by atomic mass is 16.3. The van der Waals surface area contributed by atoms with Gasteiger partial charge in [0.25, 0.3) is 0 Å². The molecule has 6 N–H and O–H groups in total. The van der Waals surface area contributed by atoms with Crippen LogP contribution in [-0.4, -0.2) is 31.0 Å². The molecule has 0 aliphatic heterocycles. The van der Waals surface area contributed by atoms with E-state index in [0.717, 1.165) is 13.0 Å². The number of aliphatic hydroxyl groups excluding tert-OH is 1. The Hall–Kier alpha value is -0.160. The molecule has 1 atom stereocenters. The summed E-state index contributed by atoms with van der Waals surface area (Å²) in [5, 5.41) is 11.0. The Morgan fingerprint density at radius 3 is 2.67 bits per heavy atom. The predicted octanol–water partition coefficient (Wildman–Crippen LogP) is -1.80. The highest BCUT2D eigenvalue weighted by molar-refractivity contribution is 4.61. The molecule has 0 aliphatic carbocycles. The molecule has 0 aromatic carbocycles. The van der Waals surface area contributed by atoms with Gasteiger partial charge in [-0.3, -0.25) is 5.32 Å². The van der Waals surface area contributed by atoms with Crippen molar-refractivity contribution in [1.82, 2.24) is 5.32 Å². The van der Waals surface area contributed by atoms with E-state index in [1.165, 1.54) is 0 Å². The van der Waals surface area contributed by atoms with E-state index in [2.05, 4.69) is 5.32 Å². The van der Waals surface area contributed by atoms with E-state index in [1.807, 2.05) is 0 Å². The number of hydrogen-bond donors (Lipinski definition) is 4. The van der Waals surface area contributed by atoms with E-state index >= 15 is 0 Å². The average molecular weight is 133 g/mol. The summed E-state index contributed by atoms with van der Waals surface area (Å²) in [4.78, 5) is 0. The molecule has 0 aromatic rings. The van der Waals surface area contributed by atoms with E-state index < -0.39 is 0 Å². The van der Waals surface area contributed by atoms with Crippen molar-refractivity contribution in [2.45, 2.75) is 12.5 Å². The number of nitrogens with one attached hydrogen (secondary N) is 1. The van der Waals surface area contributed by atoms with Gasteiger partial charge in [0, 0.05) is 12.6 Å². The molecule has 0 fully saturated rings. The number of nitrogens with two attached hydrogens (primary N) is 2. The summed E-state index contributed by atoms with van der Waals surface area (Å²) in [5.41, 5.74) is 10.7. The maximum Gasteiger partial charge on any atom is 0.0931 e. The van der Waals surface area contributed by atoms with Gasteiger partial charge in [-0.05, 0) is 13.0 Å². The molecular formula is C5H15N3O. The smallest absolute Gasteiger partial charge is 0.0931 e. The fourth-order valence-corrected chi connectivity index (χ4v) is 0.484. The molecule has 4 nitrogen and oxygen atoms in total. The Bertz CT molecular complexity index is 60.2. The quantitative estimate of drug-likeness (QED) is 0.263. The maximum atomic E-state index is 8.27. The monoisotopic (exact) mass is 133 g/mol. The van der Waals surface area contributed by atoms with Gasteiger partial charge in [-0.2, -0.15) is 0 Å². The van der Waals surface area contributed by atoms with Crippen molar-refractivity contribution in [1.29, 1.82) is 0 Å². The van der Waals surface area contributed by atoms with Gasteiger partial charge in [-0.1, -0.05) is 0 Å². The van der Waals surface area contributed by atoms with Gasteiger partial charge >= 0.3 is 0 Å². The summed E-state index contributed by atoms with van der Waals surface area (Å²) in [6.45, 7) is 1.25. The van der Waals surface area contributed by atoms with E-state index in [-0.39, 0.29) is 12.8 Å². The third kappa shape index (κ3) is 5.72. The Morgan fingerprint density at radius 1 is 1.56 bits per heavy atom. The molecule has 0 radical (unpaired) electrons. The summed E-state index contributed by atoms with van der Waals surface area (Å²) in [6, 6.07) is 0.0593. The van der Waals surface area contributed by atoms with Crippen molar-refractivity contribution < 1.29 is 5.11 Å². The van der Waals surface area contributed by atoms with Gasteiger partial charge in [0.1, 0.15) is 0 Å².